The highest BCUT2D eigenvalue weighted by Crippen LogP contribution is 2.11. The molecule has 0 aliphatic carbocycles. The van der Waals surface area contributed by atoms with Gasteiger partial charge in [-0.05, 0) is 26.8 Å². The van der Waals surface area contributed by atoms with Crippen LogP contribution in [0.15, 0.2) is 23.4 Å². The topological polar surface area (TPSA) is 55.8 Å². The van der Waals surface area contributed by atoms with E-state index in [1.807, 2.05) is 33.5 Å². The van der Waals surface area contributed by atoms with Gasteiger partial charge in [-0.25, -0.2) is 4.79 Å². The highest BCUT2D eigenvalue weighted by Gasteiger charge is 2.17. The molecule has 0 N–H and O–H groups in total. The standard InChI is InChI=1S/C16H29NO4Si/c1-7-17(8-2)15(18)14(13-22(4,5)6)11-10-12-21-16(19)20-9-3/h10-11,13H,7-9,12H2,1-6H3/b11-10+,14-13-/i10D,13D. The molecule has 6 heteroatoms. The van der Waals surface area contributed by atoms with Crippen molar-refractivity contribution >= 4 is 20.1 Å². The fourth-order valence-electron chi connectivity index (χ4n) is 1.64. The molecular formula is C16H29NO4Si. The zero-order valence-electron chi connectivity index (χ0n) is 16.5. The highest BCUT2D eigenvalue weighted by molar-refractivity contribution is 6.81. The second kappa shape index (κ2) is 10.2. The maximum Gasteiger partial charge on any atom is 0.508 e. The van der Waals surface area contributed by atoms with Crippen LogP contribution in [0.1, 0.15) is 23.5 Å². The summed E-state index contributed by atoms with van der Waals surface area (Å²) in [4.78, 5) is 25.5. The number of rotatable bonds is 8. The molecule has 0 rings (SSSR count). The molecule has 5 nitrogen and oxygen atoms in total. The van der Waals surface area contributed by atoms with Crippen molar-refractivity contribution in [2.45, 2.75) is 40.4 Å². The summed E-state index contributed by atoms with van der Waals surface area (Å²) in [5.74, 6) is -0.270. The molecular weight excluding hydrogens is 298 g/mol. The fourth-order valence-corrected chi connectivity index (χ4v) is 2.63. The molecule has 0 bridgehead atoms. The van der Waals surface area contributed by atoms with Crippen LogP contribution in [-0.2, 0) is 14.3 Å². The van der Waals surface area contributed by atoms with Gasteiger partial charge in [-0.15, -0.1) is 0 Å². The van der Waals surface area contributed by atoms with Crippen LogP contribution in [0.2, 0.25) is 19.6 Å². The Balaban J connectivity index is 5.54. The summed E-state index contributed by atoms with van der Waals surface area (Å²) in [6, 6.07) is -0.0541. The lowest BCUT2D eigenvalue weighted by Gasteiger charge is -2.21. The van der Waals surface area contributed by atoms with Gasteiger partial charge in [-0.3, -0.25) is 4.79 Å². The quantitative estimate of drug-likeness (QED) is 0.296. The molecule has 0 unspecified atom stereocenters. The van der Waals surface area contributed by atoms with Gasteiger partial charge in [-0.1, -0.05) is 31.4 Å². The van der Waals surface area contributed by atoms with E-state index in [4.69, 9.17) is 7.48 Å². The van der Waals surface area contributed by atoms with Crippen LogP contribution in [0, 0.1) is 0 Å². The number of nitrogens with zero attached hydrogens (tertiary/aromatic N) is 1. The van der Waals surface area contributed by atoms with Crippen molar-refractivity contribution in [2.24, 2.45) is 0 Å². The monoisotopic (exact) mass is 329 g/mol. The van der Waals surface area contributed by atoms with Crippen molar-refractivity contribution in [3.8, 4) is 0 Å². The lowest BCUT2D eigenvalue weighted by Crippen LogP contribution is -2.32. The summed E-state index contributed by atoms with van der Waals surface area (Å²) in [5.41, 5.74) is 0.482. The van der Waals surface area contributed by atoms with Gasteiger partial charge in [0.25, 0.3) is 5.91 Å². The molecule has 0 aromatic heterocycles. The summed E-state index contributed by atoms with van der Waals surface area (Å²) < 4.78 is 25.7. The molecule has 0 aromatic rings. The van der Waals surface area contributed by atoms with Gasteiger partial charge < -0.3 is 14.4 Å². The third-order valence-electron chi connectivity index (χ3n) is 2.57. The highest BCUT2D eigenvalue weighted by atomic mass is 28.3. The second-order valence-electron chi connectivity index (χ2n) is 5.59. The zero-order chi connectivity index (χ0) is 18.9. The zero-order valence-corrected chi connectivity index (χ0v) is 15.5. The molecule has 0 saturated heterocycles. The Bertz CT molecular complexity index is 509. The smallest absolute Gasteiger partial charge is 0.435 e. The van der Waals surface area contributed by atoms with Crippen molar-refractivity contribution in [2.75, 3.05) is 26.3 Å². The van der Waals surface area contributed by atoms with E-state index in [-0.39, 0.29) is 36.4 Å². The van der Waals surface area contributed by atoms with Crippen LogP contribution in [-0.4, -0.2) is 51.3 Å². The molecule has 126 valence electrons. The summed E-state index contributed by atoms with van der Waals surface area (Å²) in [7, 11) is -2.04. The molecule has 0 atom stereocenters. The summed E-state index contributed by atoms with van der Waals surface area (Å²) in [6.45, 7) is 12.2. The maximum absolute atomic E-state index is 12.7. The lowest BCUT2D eigenvalue weighted by atomic mass is 10.2. The first-order valence-corrected chi connectivity index (χ1v) is 11.1. The van der Waals surface area contributed by atoms with Crippen molar-refractivity contribution in [3.05, 3.63) is 23.4 Å². The third kappa shape index (κ3) is 8.66. The van der Waals surface area contributed by atoms with Crippen molar-refractivity contribution in [1.29, 1.82) is 0 Å². The number of ether oxygens (including phenoxy) is 2. The van der Waals surface area contributed by atoms with Gasteiger partial charge in [0.1, 0.15) is 6.61 Å². The molecule has 0 fully saturated rings. The Morgan fingerprint density at radius 1 is 1.14 bits per heavy atom. The molecule has 0 spiro atoms. The Labute approximate surface area is 137 Å². The van der Waals surface area contributed by atoms with Gasteiger partial charge in [-0.2, -0.15) is 0 Å². The van der Waals surface area contributed by atoms with Crippen LogP contribution < -0.4 is 0 Å². The molecule has 0 aliphatic heterocycles. The predicted octanol–water partition coefficient (Wildman–Crippen LogP) is 3.39. The van der Waals surface area contributed by atoms with E-state index in [0.29, 0.717) is 13.1 Å². The minimum Gasteiger partial charge on any atom is -0.435 e. The molecule has 0 radical (unpaired) electrons. The fraction of sp³-hybridized carbons (Fsp3) is 0.625. The number of likely N-dealkylation sites (N-methyl/N-ethyl adjacent to an activating group) is 1. The van der Waals surface area contributed by atoms with Crippen LogP contribution in [0.25, 0.3) is 0 Å². The van der Waals surface area contributed by atoms with Gasteiger partial charge in [0.2, 0.25) is 0 Å². The average molecular weight is 330 g/mol. The average Bonchev–Trinajstić information content (AvgIpc) is 2.50. The van der Waals surface area contributed by atoms with Crippen LogP contribution in [0.4, 0.5) is 4.79 Å². The van der Waals surface area contributed by atoms with Crippen LogP contribution >= 0.6 is 0 Å². The Morgan fingerprint density at radius 2 is 1.73 bits per heavy atom. The van der Waals surface area contributed by atoms with Gasteiger partial charge in [0.15, 0.2) is 0 Å². The first kappa shape index (κ1) is 16.8. The SMILES string of the molecule is [2H]/C(=C(\C=C(/[2H])COC(=O)OCC)C(=O)N(CC)CC)[Si](C)(C)C. The van der Waals surface area contributed by atoms with Crippen LogP contribution in [0.5, 0.6) is 0 Å². The summed E-state index contributed by atoms with van der Waals surface area (Å²) in [6.07, 6.45) is 0.480. The maximum atomic E-state index is 12.7. The number of hydrogen-bond donors (Lipinski definition) is 0. The predicted molar refractivity (Wildman–Crippen MR) is 91.5 cm³/mol. The largest absolute Gasteiger partial charge is 0.508 e. The van der Waals surface area contributed by atoms with Gasteiger partial charge >= 0.3 is 6.16 Å². The minimum atomic E-state index is -2.04. The number of carbonyl (C=O) groups is 2. The lowest BCUT2D eigenvalue weighted by molar-refractivity contribution is -0.126. The van der Waals surface area contributed by atoms with Crippen LogP contribution in [0.3, 0.4) is 0 Å². The first-order chi connectivity index (χ1) is 11.1. The van der Waals surface area contributed by atoms with Crippen molar-refractivity contribution in [1.82, 2.24) is 4.90 Å². The molecule has 1 amide bonds. The van der Waals surface area contributed by atoms with Gasteiger partial charge in [0.05, 0.1) is 17.4 Å². The first-order valence-electron chi connectivity index (χ1n) is 8.55. The third-order valence-corrected chi connectivity index (χ3v) is 3.59. The Hall–Kier alpha value is -1.56. The number of amides is 1. The van der Waals surface area contributed by atoms with E-state index < -0.39 is 14.2 Å². The van der Waals surface area contributed by atoms with E-state index in [0.717, 1.165) is 0 Å². The minimum absolute atomic E-state index is 0.0541. The number of carbonyl (C=O) groups excluding carboxylic acids is 2. The van der Waals surface area contributed by atoms with E-state index >= 15 is 0 Å². The Kier molecular flexibility index (Phi) is 7.80. The summed E-state index contributed by atoms with van der Waals surface area (Å²) in [5, 5.41) is 0. The molecule has 0 aliphatic rings. The molecule has 0 aromatic carbocycles. The van der Waals surface area contributed by atoms with Gasteiger partial charge in [0, 0.05) is 18.7 Å². The van der Waals surface area contributed by atoms with E-state index in [1.54, 1.807) is 11.8 Å². The van der Waals surface area contributed by atoms with E-state index in [9.17, 15) is 9.59 Å². The second-order valence-corrected chi connectivity index (χ2v) is 10.3. The normalized spacial score (nSPS) is 14.5. The molecule has 22 heavy (non-hydrogen) atoms. The van der Waals surface area contributed by atoms with E-state index in [1.165, 1.54) is 6.08 Å². The molecule has 0 saturated carbocycles. The Morgan fingerprint density at radius 3 is 2.18 bits per heavy atom. The summed E-state index contributed by atoms with van der Waals surface area (Å²) >= 11 is 0. The number of hydrogen-bond acceptors (Lipinski definition) is 4. The van der Waals surface area contributed by atoms with Crippen molar-refractivity contribution in [3.63, 3.8) is 0 Å². The van der Waals surface area contributed by atoms with Crippen molar-refractivity contribution < 1.29 is 21.8 Å². The molecule has 0 heterocycles. The van der Waals surface area contributed by atoms with E-state index in [2.05, 4.69) is 4.74 Å².